The summed E-state index contributed by atoms with van der Waals surface area (Å²) < 4.78 is 0. The van der Waals surface area contributed by atoms with Gasteiger partial charge in [0.1, 0.15) is 29.9 Å². The highest BCUT2D eigenvalue weighted by Crippen LogP contribution is 2.13. The summed E-state index contributed by atoms with van der Waals surface area (Å²) in [7, 11) is 0. The Balaban J connectivity index is 2.21. The van der Waals surface area contributed by atoms with Crippen LogP contribution in [0.25, 0.3) is 0 Å². The van der Waals surface area contributed by atoms with Crippen molar-refractivity contribution in [2.75, 3.05) is 6.54 Å². The maximum absolute atomic E-state index is 13.5. The Morgan fingerprint density at radius 1 is 0.648 bits per heavy atom. The van der Waals surface area contributed by atoms with Crippen molar-refractivity contribution in [2.24, 2.45) is 5.73 Å². The minimum absolute atomic E-state index is 0.124. The van der Waals surface area contributed by atoms with Gasteiger partial charge in [0.25, 0.3) is 0 Å². The van der Waals surface area contributed by atoms with Crippen molar-refractivity contribution in [3.05, 3.63) is 48.0 Å². The Morgan fingerprint density at radius 3 is 1.72 bits per heavy atom. The number of hydrogen-bond acceptors (Lipinski definition) is 12. The molecule has 5 atom stereocenters. The second-order valence-electron chi connectivity index (χ2n) is 11.9. The van der Waals surface area contributed by atoms with Crippen LogP contribution >= 0.6 is 0 Å². The SMILES string of the molecule is N[C@@H](CCC(=O)O)C(=O)N[C@@H](Cc1cnc[nH]1)C(=O)NCC(=O)N[C@@H](CCC(=O)O)C(=O)N[C@@H](Cc1ccc(O)cc1)C(=O)N[C@@H](CCC(=O)O)C(=O)O. The van der Waals surface area contributed by atoms with E-state index in [-0.39, 0.29) is 25.0 Å². The summed E-state index contributed by atoms with van der Waals surface area (Å²) in [5.41, 5.74) is 6.52. The smallest absolute Gasteiger partial charge is 0.326 e. The molecule has 0 bridgehead atoms. The molecule has 13 N–H and O–H groups in total. The van der Waals surface area contributed by atoms with Gasteiger partial charge in [-0.1, -0.05) is 12.1 Å². The lowest BCUT2D eigenvalue weighted by molar-refractivity contribution is -0.143. The third kappa shape index (κ3) is 16.2. The number of nitrogens with one attached hydrogen (secondary N) is 6. The number of rotatable bonds is 24. The molecule has 0 saturated carbocycles. The Kier molecular flexibility index (Phi) is 17.5. The molecule has 2 rings (SSSR count). The quantitative estimate of drug-likeness (QED) is 0.0506. The molecule has 0 aliphatic heterocycles. The summed E-state index contributed by atoms with van der Waals surface area (Å²) in [5.74, 6) is -10.4. The van der Waals surface area contributed by atoms with Crippen molar-refractivity contribution < 1.29 is 68.7 Å². The van der Waals surface area contributed by atoms with E-state index >= 15 is 0 Å². The van der Waals surface area contributed by atoms with Crippen LogP contribution in [0.2, 0.25) is 0 Å². The molecule has 0 saturated heterocycles. The predicted molar refractivity (Wildman–Crippen MR) is 181 cm³/mol. The summed E-state index contributed by atoms with van der Waals surface area (Å²) in [6.07, 6.45) is -0.670. The second kappa shape index (κ2) is 21.7. The van der Waals surface area contributed by atoms with Crippen molar-refractivity contribution in [3.8, 4) is 5.75 Å². The van der Waals surface area contributed by atoms with Crippen molar-refractivity contribution >= 4 is 53.4 Å². The van der Waals surface area contributed by atoms with E-state index in [0.717, 1.165) is 0 Å². The lowest BCUT2D eigenvalue weighted by Crippen LogP contribution is -2.57. The molecule has 0 unspecified atom stereocenters. The number of hydrogen-bond donors (Lipinski definition) is 12. The van der Waals surface area contributed by atoms with Crippen molar-refractivity contribution in [3.63, 3.8) is 0 Å². The van der Waals surface area contributed by atoms with Gasteiger partial charge in [-0.2, -0.15) is 0 Å². The highest BCUT2D eigenvalue weighted by molar-refractivity contribution is 5.95. The molecule has 0 spiro atoms. The molecule has 54 heavy (non-hydrogen) atoms. The summed E-state index contributed by atoms with van der Waals surface area (Å²) in [6.45, 7) is -0.794. The first-order valence-corrected chi connectivity index (χ1v) is 16.3. The average molecular weight is 763 g/mol. The number of amides is 5. The van der Waals surface area contributed by atoms with Crippen LogP contribution in [-0.4, -0.2) is 126 Å². The van der Waals surface area contributed by atoms with Gasteiger partial charge in [-0.25, -0.2) is 9.78 Å². The highest BCUT2D eigenvalue weighted by Gasteiger charge is 2.31. The number of carboxylic acids is 4. The Hall–Kier alpha value is -6.58. The van der Waals surface area contributed by atoms with Crippen LogP contribution in [0.3, 0.4) is 0 Å². The number of nitrogens with zero attached hydrogens (tertiary/aromatic N) is 1. The number of carboxylic acid groups (broad SMARTS) is 4. The van der Waals surface area contributed by atoms with Crippen LogP contribution < -0.4 is 32.3 Å². The summed E-state index contributed by atoms with van der Waals surface area (Å²) >= 11 is 0. The Bertz CT molecular complexity index is 1650. The summed E-state index contributed by atoms with van der Waals surface area (Å²) in [4.78, 5) is 117. The van der Waals surface area contributed by atoms with Gasteiger partial charge >= 0.3 is 23.9 Å². The van der Waals surface area contributed by atoms with Crippen LogP contribution in [0.15, 0.2) is 36.8 Å². The highest BCUT2D eigenvalue weighted by atomic mass is 16.4. The predicted octanol–water partition coefficient (Wildman–Crippen LogP) is -3.04. The maximum Gasteiger partial charge on any atom is 0.326 e. The van der Waals surface area contributed by atoms with E-state index in [1.807, 2.05) is 0 Å². The fourth-order valence-electron chi connectivity index (χ4n) is 4.73. The van der Waals surface area contributed by atoms with Gasteiger partial charge in [-0.3, -0.25) is 38.4 Å². The number of carbonyl (C=O) groups is 9. The minimum atomic E-state index is -1.67. The third-order valence-electron chi connectivity index (χ3n) is 7.61. The number of benzene rings is 1. The molecule has 22 nitrogen and oxygen atoms in total. The van der Waals surface area contributed by atoms with Crippen LogP contribution in [0.1, 0.15) is 49.8 Å². The number of aromatic amines is 1. The summed E-state index contributed by atoms with van der Waals surface area (Å²) in [5, 5.41) is 57.7. The minimum Gasteiger partial charge on any atom is -0.508 e. The van der Waals surface area contributed by atoms with Gasteiger partial charge in [-0.05, 0) is 37.0 Å². The van der Waals surface area contributed by atoms with Crippen molar-refractivity contribution in [1.29, 1.82) is 0 Å². The Morgan fingerprint density at radius 2 is 1.17 bits per heavy atom. The lowest BCUT2D eigenvalue weighted by atomic mass is 10.0. The molecular formula is C32H42N8O14. The van der Waals surface area contributed by atoms with E-state index < -0.39 is 122 Å². The van der Waals surface area contributed by atoms with Gasteiger partial charge in [0, 0.05) is 44.0 Å². The average Bonchev–Trinajstić information content (AvgIpc) is 3.62. The van der Waals surface area contributed by atoms with E-state index in [4.69, 9.17) is 15.9 Å². The third-order valence-corrected chi connectivity index (χ3v) is 7.61. The number of carbonyl (C=O) groups excluding carboxylic acids is 5. The largest absolute Gasteiger partial charge is 0.508 e. The standard InChI is InChI=1S/C32H42N8O14/c33-19(5-8-25(43)44)28(49)39-23(12-17-13-34-15-36-17)29(50)35-14-24(42)37-20(6-9-26(45)46)30(51)40-22(11-16-1-3-18(41)4-2-16)31(52)38-21(32(53)54)7-10-27(47)48/h1-4,13,15,19-23,41H,5-12,14,33H2,(H,34,36)(H,35,50)(H,37,42)(H,38,52)(H,39,49)(H,40,51)(H,43,44)(H,45,46)(H,47,48)(H,53,54)/t19-,20-,21-,22-,23-/m0/s1. The molecule has 1 aromatic heterocycles. The van der Waals surface area contributed by atoms with E-state index in [0.29, 0.717) is 11.3 Å². The zero-order valence-corrected chi connectivity index (χ0v) is 28.6. The molecule has 0 aliphatic rings. The number of phenolic OH excluding ortho intramolecular Hbond substituents is 1. The fraction of sp³-hybridized carbons (Fsp3) is 0.438. The topological polar surface area (TPSA) is 370 Å². The zero-order chi connectivity index (χ0) is 40.4. The van der Waals surface area contributed by atoms with Crippen LogP contribution in [0.4, 0.5) is 0 Å². The van der Waals surface area contributed by atoms with E-state index in [9.17, 15) is 58.5 Å². The monoisotopic (exact) mass is 762 g/mol. The fourth-order valence-corrected chi connectivity index (χ4v) is 4.73. The van der Waals surface area contributed by atoms with Gasteiger partial charge in [0.05, 0.1) is 18.9 Å². The zero-order valence-electron chi connectivity index (χ0n) is 28.6. The van der Waals surface area contributed by atoms with Gasteiger partial charge in [-0.15, -0.1) is 0 Å². The van der Waals surface area contributed by atoms with Crippen molar-refractivity contribution in [1.82, 2.24) is 36.6 Å². The maximum atomic E-state index is 13.5. The van der Waals surface area contributed by atoms with Crippen LogP contribution in [0, 0.1) is 0 Å². The van der Waals surface area contributed by atoms with E-state index in [2.05, 4.69) is 36.6 Å². The molecule has 294 valence electrons. The van der Waals surface area contributed by atoms with Crippen LogP contribution in [0.5, 0.6) is 5.75 Å². The molecule has 0 fully saturated rings. The number of aromatic hydroxyl groups is 1. The van der Waals surface area contributed by atoms with E-state index in [1.165, 1.54) is 36.8 Å². The molecule has 5 amide bonds. The first-order chi connectivity index (χ1) is 25.4. The Labute approximate surface area is 306 Å². The van der Waals surface area contributed by atoms with Gasteiger partial charge < -0.3 is 62.8 Å². The lowest BCUT2D eigenvalue weighted by Gasteiger charge is -2.25. The first-order valence-electron chi connectivity index (χ1n) is 16.3. The van der Waals surface area contributed by atoms with E-state index in [1.54, 1.807) is 0 Å². The molecule has 2 aromatic rings. The number of aromatic nitrogens is 2. The molecule has 1 aromatic carbocycles. The first kappa shape index (κ1) is 43.6. The van der Waals surface area contributed by atoms with Crippen LogP contribution in [-0.2, 0) is 56.0 Å². The number of imidazole rings is 1. The summed E-state index contributed by atoms with van der Waals surface area (Å²) in [6, 6.07) is -2.09. The second-order valence-corrected chi connectivity index (χ2v) is 11.9. The molecule has 0 radical (unpaired) electrons. The molecule has 0 aliphatic carbocycles. The molecule has 1 heterocycles. The van der Waals surface area contributed by atoms with Crippen molar-refractivity contribution in [2.45, 2.75) is 81.6 Å². The number of H-pyrrole nitrogens is 1. The van der Waals surface area contributed by atoms with Gasteiger partial charge in [0.15, 0.2) is 0 Å². The number of nitrogens with two attached hydrogens (primary N) is 1. The van der Waals surface area contributed by atoms with Gasteiger partial charge in [0.2, 0.25) is 29.5 Å². The number of phenols is 1. The molecule has 22 heteroatoms. The normalized spacial score (nSPS) is 13.5. The molecular weight excluding hydrogens is 720 g/mol. The number of aliphatic carboxylic acids is 4.